The van der Waals surface area contributed by atoms with Gasteiger partial charge in [-0.2, -0.15) is 0 Å². The van der Waals surface area contributed by atoms with Gasteiger partial charge in [0.15, 0.2) is 0 Å². The lowest BCUT2D eigenvalue weighted by Crippen LogP contribution is -2.49. The van der Waals surface area contributed by atoms with E-state index in [1.54, 1.807) is 0 Å². The normalized spacial score (nSPS) is 23.5. The molecule has 1 unspecified atom stereocenters. The van der Waals surface area contributed by atoms with E-state index in [2.05, 4.69) is 31.0 Å². The predicted molar refractivity (Wildman–Crippen MR) is 71.9 cm³/mol. The summed E-state index contributed by atoms with van der Waals surface area (Å²) in [5.74, 6) is 0.270. The SMILES string of the molecule is CC(C)C(=O)NC1CCCCN(C(C)(C)C)C1. The molecule has 0 spiro atoms. The molecule has 3 nitrogen and oxygen atoms in total. The molecule has 0 radical (unpaired) electrons. The molecule has 0 bridgehead atoms. The Kier molecular flexibility index (Phi) is 4.99. The molecule has 1 N–H and O–H groups in total. The summed E-state index contributed by atoms with van der Waals surface area (Å²) >= 11 is 0. The van der Waals surface area contributed by atoms with Gasteiger partial charge < -0.3 is 5.32 Å². The number of nitrogens with one attached hydrogen (secondary N) is 1. The van der Waals surface area contributed by atoms with E-state index in [0.717, 1.165) is 19.5 Å². The second kappa shape index (κ2) is 5.85. The molecule has 1 rings (SSSR count). The fourth-order valence-corrected chi connectivity index (χ4v) is 2.24. The molecule has 0 aromatic heterocycles. The molecule has 3 heteroatoms. The van der Waals surface area contributed by atoms with Crippen molar-refractivity contribution in [1.29, 1.82) is 0 Å². The molecule has 0 saturated carbocycles. The van der Waals surface area contributed by atoms with E-state index >= 15 is 0 Å². The van der Waals surface area contributed by atoms with Crippen molar-refractivity contribution in [3.63, 3.8) is 0 Å². The lowest BCUT2D eigenvalue weighted by molar-refractivity contribution is -0.124. The summed E-state index contributed by atoms with van der Waals surface area (Å²) in [4.78, 5) is 14.2. The van der Waals surface area contributed by atoms with Gasteiger partial charge in [0.1, 0.15) is 0 Å². The Balaban J connectivity index is 2.58. The van der Waals surface area contributed by atoms with Crippen LogP contribution in [-0.4, -0.2) is 35.5 Å². The predicted octanol–water partition coefficient (Wildman–Crippen LogP) is 2.41. The highest BCUT2D eigenvalue weighted by Crippen LogP contribution is 2.19. The molecule has 0 aromatic rings. The summed E-state index contributed by atoms with van der Waals surface area (Å²) in [5.41, 5.74) is 0.200. The standard InChI is InChI=1S/C14H28N2O/c1-11(2)13(17)15-12-8-6-7-9-16(10-12)14(3,4)5/h11-12H,6-10H2,1-5H3,(H,15,17). The summed E-state index contributed by atoms with van der Waals surface area (Å²) in [6.45, 7) is 12.8. The first-order valence-electron chi connectivity index (χ1n) is 6.86. The van der Waals surface area contributed by atoms with Crippen molar-refractivity contribution in [3.05, 3.63) is 0 Å². The highest BCUT2D eigenvalue weighted by Gasteiger charge is 2.27. The molecule has 1 aliphatic heterocycles. The fourth-order valence-electron chi connectivity index (χ4n) is 2.24. The van der Waals surface area contributed by atoms with Crippen LogP contribution >= 0.6 is 0 Å². The van der Waals surface area contributed by atoms with Crippen molar-refractivity contribution in [2.75, 3.05) is 13.1 Å². The number of amides is 1. The molecule has 17 heavy (non-hydrogen) atoms. The van der Waals surface area contributed by atoms with Gasteiger partial charge >= 0.3 is 0 Å². The zero-order valence-electron chi connectivity index (χ0n) is 12.0. The highest BCUT2D eigenvalue weighted by atomic mass is 16.1. The molecule has 100 valence electrons. The molecule has 1 aliphatic rings. The van der Waals surface area contributed by atoms with Gasteiger partial charge in [-0.25, -0.2) is 0 Å². The van der Waals surface area contributed by atoms with Crippen LogP contribution in [0.2, 0.25) is 0 Å². The summed E-state index contributed by atoms with van der Waals surface area (Å²) in [6, 6.07) is 0.326. The Labute approximate surface area is 106 Å². The van der Waals surface area contributed by atoms with Crippen LogP contribution in [0.5, 0.6) is 0 Å². The first-order valence-corrected chi connectivity index (χ1v) is 6.86. The van der Waals surface area contributed by atoms with E-state index < -0.39 is 0 Å². The third-order valence-corrected chi connectivity index (χ3v) is 3.49. The van der Waals surface area contributed by atoms with Crippen LogP contribution < -0.4 is 5.32 Å². The average molecular weight is 240 g/mol. The summed E-state index contributed by atoms with van der Waals surface area (Å²) in [6.07, 6.45) is 3.58. The van der Waals surface area contributed by atoms with Crippen molar-refractivity contribution in [2.45, 2.75) is 65.5 Å². The Morgan fingerprint density at radius 2 is 1.94 bits per heavy atom. The summed E-state index contributed by atoms with van der Waals surface area (Å²) in [7, 11) is 0. The van der Waals surface area contributed by atoms with Crippen LogP contribution in [0.3, 0.4) is 0 Å². The largest absolute Gasteiger partial charge is 0.352 e. The van der Waals surface area contributed by atoms with Gasteiger partial charge in [-0.15, -0.1) is 0 Å². The second-order valence-corrected chi connectivity index (χ2v) is 6.47. The van der Waals surface area contributed by atoms with E-state index in [1.165, 1.54) is 12.8 Å². The Morgan fingerprint density at radius 3 is 2.47 bits per heavy atom. The molecule has 1 fully saturated rings. The number of carbonyl (C=O) groups is 1. The molecule has 1 atom stereocenters. The fraction of sp³-hybridized carbons (Fsp3) is 0.929. The van der Waals surface area contributed by atoms with Crippen LogP contribution in [0.15, 0.2) is 0 Å². The maximum absolute atomic E-state index is 11.8. The number of hydrogen-bond acceptors (Lipinski definition) is 2. The van der Waals surface area contributed by atoms with Crippen LogP contribution in [0, 0.1) is 5.92 Å². The van der Waals surface area contributed by atoms with Gasteiger partial charge in [-0.05, 0) is 40.2 Å². The van der Waals surface area contributed by atoms with Gasteiger partial charge in [-0.3, -0.25) is 9.69 Å². The van der Waals surface area contributed by atoms with Gasteiger partial charge in [0.05, 0.1) is 0 Å². The molecule has 1 saturated heterocycles. The zero-order valence-corrected chi connectivity index (χ0v) is 12.0. The van der Waals surface area contributed by atoms with Crippen LogP contribution in [-0.2, 0) is 4.79 Å². The monoisotopic (exact) mass is 240 g/mol. The smallest absolute Gasteiger partial charge is 0.222 e. The van der Waals surface area contributed by atoms with E-state index in [-0.39, 0.29) is 17.4 Å². The van der Waals surface area contributed by atoms with Crippen molar-refractivity contribution >= 4 is 5.91 Å². The number of carbonyl (C=O) groups excluding carboxylic acids is 1. The van der Waals surface area contributed by atoms with Crippen molar-refractivity contribution in [3.8, 4) is 0 Å². The van der Waals surface area contributed by atoms with Crippen molar-refractivity contribution in [2.24, 2.45) is 5.92 Å². The summed E-state index contributed by atoms with van der Waals surface area (Å²) in [5, 5.41) is 3.18. The van der Waals surface area contributed by atoms with E-state index in [9.17, 15) is 4.79 Å². The van der Waals surface area contributed by atoms with Crippen molar-refractivity contribution in [1.82, 2.24) is 10.2 Å². The van der Waals surface area contributed by atoms with Crippen LogP contribution in [0.4, 0.5) is 0 Å². The van der Waals surface area contributed by atoms with E-state index in [4.69, 9.17) is 0 Å². The first-order chi connectivity index (χ1) is 7.80. The number of nitrogens with zero attached hydrogens (tertiary/aromatic N) is 1. The van der Waals surface area contributed by atoms with Crippen LogP contribution in [0.1, 0.15) is 53.9 Å². The van der Waals surface area contributed by atoms with Gasteiger partial charge in [0.2, 0.25) is 5.91 Å². The first kappa shape index (κ1) is 14.5. The van der Waals surface area contributed by atoms with E-state index in [1.807, 2.05) is 13.8 Å². The number of rotatable bonds is 2. The Morgan fingerprint density at radius 1 is 1.29 bits per heavy atom. The van der Waals surface area contributed by atoms with Gasteiger partial charge in [-0.1, -0.05) is 20.3 Å². The number of hydrogen-bond donors (Lipinski definition) is 1. The molecule has 1 amide bonds. The minimum Gasteiger partial charge on any atom is -0.352 e. The van der Waals surface area contributed by atoms with Crippen LogP contribution in [0.25, 0.3) is 0 Å². The van der Waals surface area contributed by atoms with Gasteiger partial charge in [0, 0.05) is 24.0 Å². The number of likely N-dealkylation sites (tertiary alicyclic amines) is 1. The topological polar surface area (TPSA) is 32.3 Å². The lowest BCUT2D eigenvalue weighted by Gasteiger charge is -2.36. The molecule has 0 aromatic carbocycles. The van der Waals surface area contributed by atoms with E-state index in [0.29, 0.717) is 6.04 Å². The van der Waals surface area contributed by atoms with Gasteiger partial charge in [0.25, 0.3) is 0 Å². The Bertz CT molecular complexity index is 255. The minimum atomic E-state index is 0.0846. The Hall–Kier alpha value is -0.570. The average Bonchev–Trinajstić information content (AvgIpc) is 2.42. The lowest BCUT2D eigenvalue weighted by atomic mass is 10.0. The third kappa shape index (κ3) is 4.66. The third-order valence-electron chi connectivity index (χ3n) is 3.49. The molecule has 0 aliphatic carbocycles. The van der Waals surface area contributed by atoms with Crippen molar-refractivity contribution < 1.29 is 4.79 Å². The zero-order chi connectivity index (χ0) is 13.1. The molecule has 1 heterocycles. The highest BCUT2D eigenvalue weighted by molar-refractivity contribution is 5.78. The maximum atomic E-state index is 11.8. The molecular weight excluding hydrogens is 212 g/mol. The maximum Gasteiger partial charge on any atom is 0.222 e. The quantitative estimate of drug-likeness (QED) is 0.804. The molecular formula is C14H28N2O. The minimum absolute atomic E-state index is 0.0846. The summed E-state index contributed by atoms with van der Waals surface area (Å²) < 4.78 is 0. The second-order valence-electron chi connectivity index (χ2n) is 6.47.